The predicted octanol–water partition coefficient (Wildman–Crippen LogP) is 1.93. The molecule has 0 fully saturated rings. The summed E-state index contributed by atoms with van der Waals surface area (Å²) in [6.45, 7) is 3.69. The highest BCUT2D eigenvalue weighted by Gasteiger charge is 2.25. The van der Waals surface area contributed by atoms with E-state index in [0.717, 1.165) is 11.3 Å². The van der Waals surface area contributed by atoms with Gasteiger partial charge in [0.25, 0.3) is 0 Å². The Morgan fingerprint density at radius 2 is 2.19 bits per heavy atom. The van der Waals surface area contributed by atoms with Gasteiger partial charge in [-0.15, -0.1) is 0 Å². The van der Waals surface area contributed by atoms with E-state index in [9.17, 15) is 4.79 Å². The molecule has 0 aliphatic carbocycles. The molecular weight excluding hydrogens is 202 g/mol. The number of carbonyl (C=O) groups is 1. The first-order chi connectivity index (χ1) is 7.49. The number of hydrogen-bond donors (Lipinski definition) is 1. The second-order valence-corrected chi connectivity index (χ2v) is 4.22. The van der Waals surface area contributed by atoms with Crippen LogP contribution in [-0.4, -0.2) is 18.4 Å². The van der Waals surface area contributed by atoms with E-state index in [4.69, 9.17) is 10.5 Å². The summed E-state index contributed by atoms with van der Waals surface area (Å²) in [5.74, 6) is 0.823. The lowest BCUT2D eigenvalue weighted by atomic mass is 9.90. The highest BCUT2D eigenvalue weighted by molar-refractivity contribution is 5.89. The largest absolute Gasteiger partial charge is 0.497 e. The van der Waals surface area contributed by atoms with Crippen molar-refractivity contribution in [3.05, 3.63) is 29.8 Å². The minimum atomic E-state index is -0.733. The van der Waals surface area contributed by atoms with Crippen LogP contribution < -0.4 is 10.5 Å². The maximum atomic E-state index is 11.9. The third-order valence-electron chi connectivity index (χ3n) is 2.87. The average Bonchev–Trinajstić information content (AvgIpc) is 2.29. The van der Waals surface area contributed by atoms with E-state index in [2.05, 4.69) is 0 Å². The Morgan fingerprint density at radius 3 is 2.75 bits per heavy atom. The van der Waals surface area contributed by atoms with Crippen LogP contribution >= 0.6 is 0 Å². The van der Waals surface area contributed by atoms with Crippen molar-refractivity contribution in [3.8, 4) is 5.75 Å². The predicted molar refractivity (Wildman–Crippen MR) is 64.6 cm³/mol. The summed E-state index contributed by atoms with van der Waals surface area (Å²) >= 11 is 0. The van der Waals surface area contributed by atoms with E-state index < -0.39 is 5.54 Å². The van der Waals surface area contributed by atoms with Crippen LogP contribution in [0.5, 0.6) is 5.75 Å². The van der Waals surface area contributed by atoms with Crippen molar-refractivity contribution in [1.29, 1.82) is 0 Å². The normalized spacial score (nSPS) is 14.2. The van der Waals surface area contributed by atoms with Crippen LogP contribution in [0.15, 0.2) is 24.3 Å². The minimum Gasteiger partial charge on any atom is -0.497 e. The van der Waals surface area contributed by atoms with Crippen molar-refractivity contribution >= 4 is 5.78 Å². The molecule has 0 spiro atoms. The van der Waals surface area contributed by atoms with Gasteiger partial charge in [0.1, 0.15) is 5.75 Å². The number of ether oxygens (including phenoxy) is 1. The Labute approximate surface area is 96.6 Å². The summed E-state index contributed by atoms with van der Waals surface area (Å²) in [4.78, 5) is 11.9. The first-order valence-corrected chi connectivity index (χ1v) is 5.44. The molecule has 0 heterocycles. The quantitative estimate of drug-likeness (QED) is 0.826. The molecule has 0 bridgehead atoms. The molecule has 88 valence electrons. The standard InChI is InChI=1S/C13H19NO2/c1-4-13(2,14)12(15)9-10-6-5-7-11(8-10)16-3/h5-8H,4,9,14H2,1-3H3. The molecule has 0 aliphatic rings. The van der Waals surface area contributed by atoms with E-state index >= 15 is 0 Å². The van der Waals surface area contributed by atoms with E-state index in [0.29, 0.717) is 12.8 Å². The topological polar surface area (TPSA) is 52.3 Å². The van der Waals surface area contributed by atoms with Gasteiger partial charge in [-0.05, 0) is 31.0 Å². The summed E-state index contributed by atoms with van der Waals surface area (Å²) < 4.78 is 5.11. The van der Waals surface area contributed by atoms with Crippen molar-refractivity contribution in [2.45, 2.75) is 32.2 Å². The highest BCUT2D eigenvalue weighted by atomic mass is 16.5. The summed E-state index contributed by atoms with van der Waals surface area (Å²) in [5, 5.41) is 0. The molecule has 1 aromatic carbocycles. The van der Waals surface area contributed by atoms with Crippen molar-refractivity contribution in [3.63, 3.8) is 0 Å². The second-order valence-electron chi connectivity index (χ2n) is 4.22. The van der Waals surface area contributed by atoms with Crippen molar-refractivity contribution in [2.75, 3.05) is 7.11 Å². The van der Waals surface area contributed by atoms with E-state index in [-0.39, 0.29) is 5.78 Å². The van der Waals surface area contributed by atoms with Gasteiger partial charge in [-0.2, -0.15) is 0 Å². The lowest BCUT2D eigenvalue weighted by Gasteiger charge is -2.20. The van der Waals surface area contributed by atoms with E-state index in [1.807, 2.05) is 31.2 Å². The molecule has 2 N–H and O–H groups in total. The Kier molecular flexibility index (Phi) is 4.07. The molecule has 0 saturated carbocycles. The fourth-order valence-electron chi connectivity index (χ4n) is 1.37. The number of rotatable bonds is 5. The minimum absolute atomic E-state index is 0.0586. The van der Waals surface area contributed by atoms with Gasteiger partial charge in [-0.25, -0.2) is 0 Å². The third kappa shape index (κ3) is 3.07. The van der Waals surface area contributed by atoms with Gasteiger partial charge < -0.3 is 10.5 Å². The Bertz CT molecular complexity index is 372. The number of Topliss-reactive ketones (excluding diaryl/α,β-unsaturated/α-hetero) is 1. The summed E-state index contributed by atoms with van der Waals surface area (Å²) in [5.41, 5.74) is 6.10. The van der Waals surface area contributed by atoms with Crippen LogP contribution in [0, 0.1) is 0 Å². The van der Waals surface area contributed by atoms with Gasteiger partial charge in [-0.1, -0.05) is 19.1 Å². The Balaban J connectivity index is 2.77. The monoisotopic (exact) mass is 221 g/mol. The van der Waals surface area contributed by atoms with E-state index in [1.54, 1.807) is 14.0 Å². The second kappa shape index (κ2) is 5.12. The van der Waals surface area contributed by atoms with E-state index in [1.165, 1.54) is 0 Å². The molecule has 1 atom stereocenters. The molecule has 0 saturated heterocycles. The summed E-state index contributed by atoms with van der Waals surface area (Å²) in [6, 6.07) is 7.51. The van der Waals surface area contributed by atoms with Crippen LogP contribution in [0.4, 0.5) is 0 Å². The van der Waals surface area contributed by atoms with Crippen LogP contribution in [0.1, 0.15) is 25.8 Å². The number of benzene rings is 1. The number of ketones is 1. The molecule has 0 amide bonds. The Hall–Kier alpha value is -1.35. The number of carbonyl (C=O) groups excluding carboxylic acids is 1. The smallest absolute Gasteiger partial charge is 0.156 e. The number of methoxy groups -OCH3 is 1. The molecular formula is C13H19NO2. The summed E-state index contributed by atoms with van der Waals surface area (Å²) in [6.07, 6.45) is 1.01. The van der Waals surface area contributed by atoms with Gasteiger partial charge >= 0.3 is 0 Å². The van der Waals surface area contributed by atoms with Crippen LogP contribution in [-0.2, 0) is 11.2 Å². The van der Waals surface area contributed by atoms with Gasteiger partial charge in [0.15, 0.2) is 5.78 Å². The van der Waals surface area contributed by atoms with Crippen LogP contribution in [0.3, 0.4) is 0 Å². The third-order valence-corrected chi connectivity index (χ3v) is 2.87. The van der Waals surface area contributed by atoms with Crippen molar-refractivity contribution in [1.82, 2.24) is 0 Å². The zero-order chi connectivity index (χ0) is 12.2. The molecule has 0 aliphatic heterocycles. The van der Waals surface area contributed by atoms with Crippen molar-refractivity contribution < 1.29 is 9.53 Å². The first kappa shape index (κ1) is 12.7. The lowest BCUT2D eigenvalue weighted by molar-refractivity contribution is -0.123. The van der Waals surface area contributed by atoms with Crippen molar-refractivity contribution in [2.24, 2.45) is 5.73 Å². The fourth-order valence-corrected chi connectivity index (χ4v) is 1.37. The average molecular weight is 221 g/mol. The molecule has 1 aromatic rings. The molecule has 1 unspecified atom stereocenters. The lowest BCUT2D eigenvalue weighted by Crippen LogP contribution is -2.45. The maximum absolute atomic E-state index is 11.9. The molecule has 16 heavy (non-hydrogen) atoms. The highest BCUT2D eigenvalue weighted by Crippen LogP contribution is 2.16. The zero-order valence-corrected chi connectivity index (χ0v) is 10.1. The fraction of sp³-hybridized carbons (Fsp3) is 0.462. The van der Waals surface area contributed by atoms with Gasteiger partial charge in [0.2, 0.25) is 0 Å². The molecule has 1 rings (SSSR count). The number of nitrogens with two attached hydrogens (primary N) is 1. The van der Waals surface area contributed by atoms with Gasteiger partial charge in [0.05, 0.1) is 12.6 Å². The first-order valence-electron chi connectivity index (χ1n) is 5.44. The molecule has 3 heteroatoms. The van der Waals surface area contributed by atoms with Crippen LogP contribution in [0.25, 0.3) is 0 Å². The number of hydrogen-bond acceptors (Lipinski definition) is 3. The SMILES string of the molecule is CCC(C)(N)C(=O)Cc1cccc(OC)c1. The van der Waals surface area contributed by atoms with Gasteiger partial charge in [0, 0.05) is 6.42 Å². The molecule has 0 aromatic heterocycles. The summed E-state index contributed by atoms with van der Waals surface area (Å²) in [7, 11) is 1.61. The van der Waals surface area contributed by atoms with Crippen LogP contribution in [0.2, 0.25) is 0 Å². The Morgan fingerprint density at radius 1 is 1.50 bits per heavy atom. The van der Waals surface area contributed by atoms with Gasteiger partial charge in [-0.3, -0.25) is 4.79 Å². The molecule has 0 radical (unpaired) electrons. The molecule has 3 nitrogen and oxygen atoms in total. The maximum Gasteiger partial charge on any atom is 0.156 e. The zero-order valence-electron chi connectivity index (χ0n) is 10.1.